The fraction of sp³-hybridized carbons (Fsp3) is 0.267. The van der Waals surface area contributed by atoms with Crippen LogP contribution in [0.1, 0.15) is 16.8 Å². The molecule has 2 rings (SSSR count). The highest BCUT2D eigenvalue weighted by molar-refractivity contribution is 5.84. The predicted molar refractivity (Wildman–Crippen MR) is 83.4 cm³/mol. The lowest BCUT2D eigenvalue weighted by Gasteiger charge is -2.05. The van der Waals surface area contributed by atoms with Gasteiger partial charge in [0.2, 0.25) is 0 Å². The van der Waals surface area contributed by atoms with E-state index in [1.165, 1.54) is 0 Å². The van der Waals surface area contributed by atoms with E-state index >= 15 is 0 Å². The number of rotatable bonds is 5. The van der Waals surface area contributed by atoms with E-state index in [0.717, 1.165) is 22.5 Å². The molecule has 6 heteroatoms. The Labute approximate surface area is 123 Å². The topological polar surface area (TPSA) is 71.3 Å². The lowest BCUT2D eigenvalue weighted by atomic mass is 10.2. The van der Waals surface area contributed by atoms with Gasteiger partial charge in [0.25, 0.3) is 5.91 Å². The van der Waals surface area contributed by atoms with Crippen molar-refractivity contribution < 1.29 is 4.79 Å². The number of carbonyl (C=O) groups is 1. The Morgan fingerprint density at radius 3 is 2.90 bits per heavy atom. The van der Waals surface area contributed by atoms with Crippen LogP contribution in [0.5, 0.6) is 0 Å². The van der Waals surface area contributed by atoms with Crippen LogP contribution in [0.2, 0.25) is 0 Å². The van der Waals surface area contributed by atoms with Crippen molar-refractivity contribution in [3.05, 3.63) is 47.3 Å². The molecule has 0 saturated heterocycles. The summed E-state index contributed by atoms with van der Waals surface area (Å²) in [5.41, 5.74) is 6.29. The highest BCUT2D eigenvalue weighted by atomic mass is 16.2. The van der Waals surface area contributed by atoms with E-state index in [2.05, 4.69) is 20.9 Å². The molecule has 2 N–H and O–H groups in total. The molecular weight excluding hydrogens is 266 g/mol. The minimum Gasteiger partial charge on any atom is -0.376 e. The molecule has 21 heavy (non-hydrogen) atoms. The van der Waals surface area contributed by atoms with Crippen molar-refractivity contribution in [1.82, 2.24) is 15.2 Å². The first-order valence-electron chi connectivity index (χ1n) is 6.67. The maximum absolute atomic E-state index is 11.7. The van der Waals surface area contributed by atoms with Crippen LogP contribution >= 0.6 is 0 Å². The minimum atomic E-state index is -0.200. The summed E-state index contributed by atoms with van der Waals surface area (Å²) in [6.45, 7) is 4.07. The van der Waals surface area contributed by atoms with E-state index < -0.39 is 0 Å². The zero-order chi connectivity index (χ0) is 15.2. The fourth-order valence-electron chi connectivity index (χ4n) is 1.90. The third-order valence-corrected chi connectivity index (χ3v) is 2.92. The number of amides is 1. The molecule has 0 spiro atoms. The standard InChI is InChI=1S/C15H19N5O/c1-11-5-4-6-14(7-11)16-9-15(21)18-17-8-13-10-20(3)19-12(13)2/h4-8,10,16H,9H2,1-3H3,(H,18,21)/b17-8+. The first-order chi connectivity index (χ1) is 10.0. The summed E-state index contributed by atoms with van der Waals surface area (Å²) in [5, 5.41) is 11.2. The molecule has 1 aromatic carbocycles. The van der Waals surface area contributed by atoms with Crippen LogP contribution in [-0.2, 0) is 11.8 Å². The van der Waals surface area contributed by atoms with Crippen molar-refractivity contribution in [2.24, 2.45) is 12.1 Å². The molecule has 0 aliphatic rings. The van der Waals surface area contributed by atoms with Crippen LogP contribution in [0.4, 0.5) is 5.69 Å². The third-order valence-electron chi connectivity index (χ3n) is 2.92. The molecule has 0 radical (unpaired) electrons. The lowest BCUT2D eigenvalue weighted by molar-refractivity contribution is -0.119. The average molecular weight is 285 g/mol. The maximum Gasteiger partial charge on any atom is 0.259 e. The first-order valence-corrected chi connectivity index (χ1v) is 6.67. The van der Waals surface area contributed by atoms with Crippen LogP contribution in [0.25, 0.3) is 0 Å². The quantitative estimate of drug-likeness (QED) is 0.647. The van der Waals surface area contributed by atoms with Crippen molar-refractivity contribution in [3.8, 4) is 0 Å². The summed E-state index contributed by atoms with van der Waals surface area (Å²) in [6, 6.07) is 7.85. The summed E-state index contributed by atoms with van der Waals surface area (Å²) in [5.74, 6) is -0.200. The number of hydrazone groups is 1. The highest BCUT2D eigenvalue weighted by Gasteiger charge is 2.01. The van der Waals surface area contributed by atoms with Crippen LogP contribution in [0.3, 0.4) is 0 Å². The number of nitrogens with zero attached hydrogens (tertiary/aromatic N) is 3. The van der Waals surface area contributed by atoms with Crippen LogP contribution in [0.15, 0.2) is 35.6 Å². The molecule has 0 atom stereocenters. The molecule has 0 fully saturated rings. The molecule has 0 aliphatic carbocycles. The van der Waals surface area contributed by atoms with Gasteiger partial charge in [-0.3, -0.25) is 9.48 Å². The summed E-state index contributed by atoms with van der Waals surface area (Å²) in [6.07, 6.45) is 3.43. The van der Waals surface area contributed by atoms with Crippen molar-refractivity contribution in [2.45, 2.75) is 13.8 Å². The summed E-state index contributed by atoms with van der Waals surface area (Å²) in [4.78, 5) is 11.7. The molecule has 0 aliphatic heterocycles. The second kappa shape index (κ2) is 6.69. The van der Waals surface area contributed by atoms with Crippen LogP contribution in [0, 0.1) is 13.8 Å². The Balaban J connectivity index is 1.81. The van der Waals surface area contributed by atoms with E-state index in [0.29, 0.717) is 0 Å². The number of carbonyl (C=O) groups excluding carboxylic acids is 1. The monoisotopic (exact) mass is 285 g/mol. The molecule has 110 valence electrons. The fourth-order valence-corrected chi connectivity index (χ4v) is 1.90. The molecule has 2 aromatic rings. The van der Waals surface area contributed by atoms with Gasteiger partial charge in [-0.1, -0.05) is 12.1 Å². The molecular formula is C15H19N5O. The number of aromatic nitrogens is 2. The third kappa shape index (κ3) is 4.45. The number of hydrogen-bond acceptors (Lipinski definition) is 4. The van der Waals surface area contributed by atoms with Crippen LogP contribution in [-0.4, -0.2) is 28.4 Å². The molecule has 0 unspecified atom stereocenters. The molecule has 1 aromatic heterocycles. The van der Waals surface area contributed by atoms with Gasteiger partial charge < -0.3 is 5.32 Å². The van der Waals surface area contributed by atoms with Crippen molar-refractivity contribution in [3.63, 3.8) is 0 Å². The van der Waals surface area contributed by atoms with Gasteiger partial charge in [0.05, 0.1) is 18.5 Å². The Bertz CT molecular complexity index is 660. The summed E-state index contributed by atoms with van der Waals surface area (Å²) in [7, 11) is 1.84. The van der Waals surface area contributed by atoms with E-state index in [1.54, 1.807) is 10.9 Å². The molecule has 1 amide bonds. The normalized spacial score (nSPS) is 10.8. The smallest absolute Gasteiger partial charge is 0.259 e. The largest absolute Gasteiger partial charge is 0.376 e. The molecule has 6 nitrogen and oxygen atoms in total. The zero-order valence-corrected chi connectivity index (χ0v) is 12.4. The van der Waals surface area contributed by atoms with Gasteiger partial charge in [0.15, 0.2) is 0 Å². The SMILES string of the molecule is Cc1cccc(NCC(=O)N/N=C/c2cn(C)nc2C)c1. The highest BCUT2D eigenvalue weighted by Crippen LogP contribution is 2.08. The van der Waals surface area contributed by atoms with Gasteiger partial charge in [-0.15, -0.1) is 0 Å². The lowest BCUT2D eigenvalue weighted by Crippen LogP contribution is -2.25. The van der Waals surface area contributed by atoms with E-state index in [4.69, 9.17) is 0 Å². The van der Waals surface area contributed by atoms with E-state index in [1.807, 2.05) is 51.4 Å². The van der Waals surface area contributed by atoms with Gasteiger partial charge in [0.1, 0.15) is 0 Å². The minimum absolute atomic E-state index is 0.173. The number of anilines is 1. The van der Waals surface area contributed by atoms with Crippen molar-refractivity contribution in [1.29, 1.82) is 0 Å². The number of hydrogen-bond donors (Lipinski definition) is 2. The second-order valence-corrected chi connectivity index (χ2v) is 4.86. The zero-order valence-electron chi connectivity index (χ0n) is 12.4. The van der Waals surface area contributed by atoms with Gasteiger partial charge in [-0.25, -0.2) is 5.43 Å². The maximum atomic E-state index is 11.7. The number of benzene rings is 1. The Morgan fingerprint density at radius 2 is 2.24 bits per heavy atom. The van der Waals surface area contributed by atoms with Gasteiger partial charge in [-0.2, -0.15) is 10.2 Å². The Kier molecular flexibility index (Phi) is 4.71. The van der Waals surface area contributed by atoms with Gasteiger partial charge in [-0.05, 0) is 31.5 Å². The Hall–Kier alpha value is -2.63. The Morgan fingerprint density at radius 1 is 1.43 bits per heavy atom. The summed E-state index contributed by atoms with van der Waals surface area (Å²) >= 11 is 0. The van der Waals surface area contributed by atoms with Crippen molar-refractivity contribution in [2.75, 3.05) is 11.9 Å². The second-order valence-electron chi connectivity index (χ2n) is 4.86. The number of nitrogens with one attached hydrogen (secondary N) is 2. The molecule has 0 bridgehead atoms. The van der Waals surface area contributed by atoms with Gasteiger partial charge >= 0.3 is 0 Å². The van der Waals surface area contributed by atoms with E-state index in [-0.39, 0.29) is 12.5 Å². The summed E-state index contributed by atoms with van der Waals surface area (Å²) < 4.78 is 1.71. The average Bonchev–Trinajstić information content (AvgIpc) is 2.75. The van der Waals surface area contributed by atoms with Gasteiger partial charge in [0, 0.05) is 24.5 Å². The molecule has 1 heterocycles. The van der Waals surface area contributed by atoms with Crippen LogP contribution < -0.4 is 10.7 Å². The molecule has 0 saturated carbocycles. The number of aryl methyl sites for hydroxylation is 3. The van der Waals surface area contributed by atoms with Crippen molar-refractivity contribution >= 4 is 17.8 Å². The first kappa shape index (κ1) is 14.8. The predicted octanol–water partition coefficient (Wildman–Crippen LogP) is 1.60. The van der Waals surface area contributed by atoms with E-state index in [9.17, 15) is 4.79 Å².